The maximum absolute atomic E-state index is 11.5. The highest BCUT2D eigenvalue weighted by Crippen LogP contribution is 2.13. The zero-order chi connectivity index (χ0) is 12.0. The molecular weight excluding hydrogens is 226 g/mol. The van der Waals surface area contributed by atoms with E-state index in [4.69, 9.17) is 0 Å². The van der Waals surface area contributed by atoms with E-state index >= 15 is 0 Å². The smallest absolute Gasteiger partial charge is 0.299 e. The lowest BCUT2D eigenvalue weighted by molar-refractivity contribution is 0.586. The fourth-order valence-corrected chi connectivity index (χ4v) is 2.12. The largest absolute Gasteiger partial charge is 0.388 e. The van der Waals surface area contributed by atoms with Crippen LogP contribution in [-0.2, 0) is 10.2 Å². The molecule has 0 saturated heterocycles. The first-order chi connectivity index (χ1) is 7.57. The number of hydrogen-bond acceptors (Lipinski definition) is 3. The minimum absolute atomic E-state index is 0.434. The highest BCUT2D eigenvalue weighted by atomic mass is 32.2. The zero-order valence-corrected chi connectivity index (χ0v) is 10.3. The maximum Gasteiger partial charge on any atom is 0.299 e. The van der Waals surface area contributed by atoms with Gasteiger partial charge >= 0.3 is 0 Å². The minimum Gasteiger partial charge on any atom is -0.388 e. The van der Waals surface area contributed by atoms with Crippen molar-refractivity contribution in [3.05, 3.63) is 24.3 Å². The van der Waals surface area contributed by atoms with Gasteiger partial charge in [-0.05, 0) is 30.7 Å². The normalized spacial score (nSPS) is 11.1. The van der Waals surface area contributed by atoms with Crippen molar-refractivity contribution in [3.8, 4) is 0 Å². The molecule has 0 aromatic heterocycles. The van der Waals surface area contributed by atoms with Crippen molar-refractivity contribution in [2.45, 2.75) is 13.3 Å². The summed E-state index contributed by atoms with van der Waals surface area (Å²) in [5.41, 5.74) is 1.48. The molecule has 0 aliphatic carbocycles. The lowest BCUT2D eigenvalue weighted by Crippen LogP contribution is -2.30. The third-order valence-corrected chi connectivity index (χ3v) is 3.06. The van der Waals surface area contributed by atoms with Crippen LogP contribution >= 0.6 is 0 Å². The van der Waals surface area contributed by atoms with Gasteiger partial charge in [-0.1, -0.05) is 6.92 Å². The molecule has 1 rings (SSSR count). The molecule has 0 amide bonds. The Morgan fingerprint density at radius 2 is 1.69 bits per heavy atom. The van der Waals surface area contributed by atoms with Crippen LogP contribution in [0.2, 0.25) is 0 Å². The fourth-order valence-electron chi connectivity index (χ4n) is 1.13. The lowest BCUT2D eigenvalue weighted by atomic mass is 10.3. The quantitative estimate of drug-likeness (QED) is 0.707. The maximum atomic E-state index is 11.5. The highest BCUT2D eigenvalue weighted by Gasteiger charge is 2.07. The van der Waals surface area contributed by atoms with Gasteiger partial charge in [-0.15, -0.1) is 0 Å². The monoisotopic (exact) mass is 243 g/mol. The Hall–Kier alpha value is -1.27. The molecule has 6 heteroatoms. The number of hydrogen-bond donors (Lipinski definition) is 3. The summed E-state index contributed by atoms with van der Waals surface area (Å²) < 4.78 is 27.8. The molecule has 5 nitrogen and oxygen atoms in total. The number of benzene rings is 1. The van der Waals surface area contributed by atoms with Gasteiger partial charge in [-0.25, -0.2) is 0 Å². The van der Waals surface area contributed by atoms with Crippen LogP contribution < -0.4 is 14.8 Å². The number of nitrogens with one attached hydrogen (secondary N) is 3. The Kier molecular flexibility index (Phi) is 4.57. The van der Waals surface area contributed by atoms with Gasteiger partial charge in [0.2, 0.25) is 0 Å². The van der Waals surface area contributed by atoms with Gasteiger partial charge in [0.1, 0.15) is 0 Å². The van der Waals surface area contributed by atoms with Crippen LogP contribution in [-0.4, -0.2) is 22.0 Å². The number of rotatable bonds is 6. The second-order valence-corrected chi connectivity index (χ2v) is 4.83. The van der Waals surface area contributed by atoms with Gasteiger partial charge in [0.05, 0.1) is 0 Å². The van der Waals surface area contributed by atoms with Crippen molar-refractivity contribution in [2.75, 3.05) is 23.6 Å². The Bertz CT molecular complexity index is 414. The van der Waals surface area contributed by atoms with Gasteiger partial charge in [-0.2, -0.15) is 13.1 Å². The van der Waals surface area contributed by atoms with Gasteiger partial charge in [0, 0.05) is 25.0 Å². The van der Waals surface area contributed by atoms with Crippen molar-refractivity contribution in [2.24, 2.45) is 0 Å². The Balaban J connectivity index is 2.65. The standard InChI is InChI=1S/C10H17N3O2S/c1-3-8-12-16(14,15)13-10-6-4-9(11-2)5-7-10/h4-7,11-13H,3,8H2,1-2H3. The van der Waals surface area contributed by atoms with E-state index in [2.05, 4.69) is 14.8 Å². The molecule has 0 saturated carbocycles. The molecular formula is C10H17N3O2S. The topological polar surface area (TPSA) is 70.2 Å². The summed E-state index contributed by atoms with van der Waals surface area (Å²) in [4.78, 5) is 0. The van der Waals surface area contributed by atoms with E-state index in [1.165, 1.54) is 0 Å². The SMILES string of the molecule is CCCNS(=O)(=O)Nc1ccc(NC)cc1. The molecule has 0 radical (unpaired) electrons. The third-order valence-electron chi connectivity index (χ3n) is 1.97. The second kappa shape index (κ2) is 5.72. The van der Waals surface area contributed by atoms with Crippen LogP contribution in [0, 0.1) is 0 Å². The molecule has 3 N–H and O–H groups in total. The highest BCUT2D eigenvalue weighted by molar-refractivity contribution is 7.90. The molecule has 1 aromatic rings. The van der Waals surface area contributed by atoms with Crippen LogP contribution in [0.4, 0.5) is 11.4 Å². The van der Waals surface area contributed by atoms with Crippen molar-refractivity contribution in [1.82, 2.24) is 4.72 Å². The second-order valence-electron chi connectivity index (χ2n) is 3.33. The van der Waals surface area contributed by atoms with E-state index in [-0.39, 0.29) is 0 Å². The molecule has 0 atom stereocenters. The molecule has 0 heterocycles. The molecule has 0 unspecified atom stereocenters. The van der Waals surface area contributed by atoms with E-state index in [0.717, 1.165) is 12.1 Å². The molecule has 0 spiro atoms. The molecule has 1 aromatic carbocycles. The van der Waals surface area contributed by atoms with E-state index in [1.807, 2.05) is 14.0 Å². The molecule has 0 aliphatic heterocycles. The third kappa shape index (κ3) is 4.08. The first-order valence-electron chi connectivity index (χ1n) is 5.12. The van der Waals surface area contributed by atoms with Gasteiger partial charge in [-0.3, -0.25) is 4.72 Å². The molecule has 90 valence electrons. The lowest BCUT2D eigenvalue weighted by Gasteiger charge is -2.09. The predicted molar refractivity (Wildman–Crippen MR) is 66.8 cm³/mol. The fraction of sp³-hybridized carbons (Fsp3) is 0.400. The summed E-state index contributed by atoms with van der Waals surface area (Å²) >= 11 is 0. The van der Waals surface area contributed by atoms with E-state index in [9.17, 15) is 8.42 Å². The van der Waals surface area contributed by atoms with Gasteiger partial charge < -0.3 is 5.32 Å². The summed E-state index contributed by atoms with van der Waals surface area (Å²) in [6.07, 6.45) is 0.763. The first kappa shape index (κ1) is 12.8. The molecule has 0 fully saturated rings. The average molecular weight is 243 g/mol. The predicted octanol–water partition coefficient (Wildman–Crippen LogP) is 1.38. The van der Waals surface area contributed by atoms with Crippen molar-refractivity contribution < 1.29 is 8.42 Å². The van der Waals surface area contributed by atoms with Gasteiger partial charge in [0.25, 0.3) is 10.2 Å². The van der Waals surface area contributed by atoms with Crippen molar-refractivity contribution in [1.29, 1.82) is 0 Å². The Labute approximate surface area is 96.4 Å². The molecule has 16 heavy (non-hydrogen) atoms. The summed E-state index contributed by atoms with van der Waals surface area (Å²) in [6, 6.07) is 7.02. The van der Waals surface area contributed by atoms with Crippen molar-refractivity contribution >= 4 is 21.6 Å². The summed E-state index contributed by atoms with van der Waals surface area (Å²) in [6.45, 7) is 2.34. The molecule has 0 bridgehead atoms. The summed E-state index contributed by atoms with van der Waals surface area (Å²) in [5, 5.41) is 2.96. The minimum atomic E-state index is -3.44. The van der Waals surface area contributed by atoms with E-state index < -0.39 is 10.2 Å². The average Bonchev–Trinajstić information content (AvgIpc) is 2.27. The van der Waals surface area contributed by atoms with Crippen molar-refractivity contribution in [3.63, 3.8) is 0 Å². The summed E-state index contributed by atoms with van der Waals surface area (Å²) in [7, 11) is -1.63. The Morgan fingerprint density at radius 3 is 2.19 bits per heavy atom. The van der Waals surface area contributed by atoms with Crippen LogP contribution in [0.3, 0.4) is 0 Å². The summed E-state index contributed by atoms with van der Waals surface area (Å²) in [5.74, 6) is 0. The van der Waals surface area contributed by atoms with Crippen LogP contribution in [0.1, 0.15) is 13.3 Å². The number of anilines is 2. The van der Waals surface area contributed by atoms with Crippen LogP contribution in [0.5, 0.6) is 0 Å². The first-order valence-corrected chi connectivity index (χ1v) is 6.61. The van der Waals surface area contributed by atoms with E-state index in [1.54, 1.807) is 24.3 Å². The van der Waals surface area contributed by atoms with Crippen LogP contribution in [0.25, 0.3) is 0 Å². The Morgan fingerprint density at radius 1 is 1.12 bits per heavy atom. The van der Waals surface area contributed by atoms with Gasteiger partial charge in [0.15, 0.2) is 0 Å². The molecule has 0 aliphatic rings. The zero-order valence-electron chi connectivity index (χ0n) is 9.45. The van der Waals surface area contributed by atoms with E-state index in [0.29, 0.717) is 12.2 Å². The van der Waals surface area contributed by atoms with Crippen LogP contribution in [0.15, 0.2) is 24.3 Å².